The molecule has 138 valence electrons. The van der Waals surface area contributed by atoms with E-state index in [4.69, 9.17) is 6.42 Å². The lowest BCUT2D eigenvalue weighted by Crippen LogP contribution is -2.35. The fourth-order valence-electron chi connectivity index (χ4n) is 3.17. The fourth-order valence-corrected chi connectivity index (χ4v) is 4.31. The Balaban J connectivity index is 1.68. The molecule has 0 saturated carbocycles. The second kappa shape index (κ2) is 6.91. The molecule has 2 aromatic carbocycles. The Labute approximate surface area is 164 Å². The van der Waals surface area contributed by atoms with Gasteiger partial charge in [0.1, 0.15) is 6.54 Å². The zero-order valence-corrected chi connectivity index (χ0v) is 15.8. The molecule has 2 heterocycles. The monoisotopic (exact) mass is 389 g/mol. The summed E-state index contributed by atoms with van der Waals surface area (Å²) >= 11 is 1.34. The highest BCUT2D eigenvalue weighted by Crippen LogP contribution is 2.22. The van der Waals surface area contributed by atoms with Gasteiger partial charge in [-0.3, -0.25) is 19.3 Å². The number of terminal acetylenes is 1. The van der Waals surface area contributed by atoms with Crippen LogP contribution in [0.3, 0.4) is 0 Å². The van der Waals surface area contributed by atoms with Crippen LogP contribution in [-0.4, -0.2) is 33.7 Å². The minimum Gasteiger partial charge on any atom is -0.305 e. The van der Waals surface area contributed by atoms with Crippen molar-refractivity contribution in [1.82, 2.24) is 9.47 Å². The van der Waals surface area contributed by atoms with Gasteiger partial charge in [-0.2, -0.15) is 4.99 Å². The summed E-state index contributed by atoms with van der Waals surface area (Å²) < 4.78 is 2.74. The van der Waals surface area contributed by atoms with Crippen molar-refractivity contribution in [1.29, 1.82) is 0 Å². The highest BCUT2D eigenvalue weighted by Gasteiger charge is 2.36. The maximum Gasteiger partial charge on any atom is 0.268 e. The molecular weight excluding hydrogens is 374 g/mol. The van der Waals surface area contributed by atoms with Crippen LogP contribution in [0.25, 0.3) is 10.2 Å². The zero-order valence-electron chi connectivity index (χ0n) is 15.0. The standard InChI is InChI=1S/C21H15N3O3S/c1-3-10-23-16-9-8-13(2)11-17(16)28-21(23)22-18(25)12-24-19(26)14-6-4-5-7-15(14)20(24)27/h1,4-9,11H,10,12H2,2H3. The van der Waals surface area contributed by atoms with Crippen LogP contribution >= 0.6 is 11.3 Å². The lowest BCUT2D eigenvalue weighted by molar-refractivity contribution is -0.118. The van der Waals surface area contributed by atoms with Crippen LogP contribution in [0.2, 0.25) is 0 Å². The lowest BCUT2D eigenvalue weighted by Gasteiger charge is -2.10. The molecule has 4 rings (SSSR count). The molecule has 7 heteroatoms. The normalized spacial score (nSPS) is 13.9. The van der Waals surface area contributed by atoms with E-state index in [2.05, 4.69) is 10.9 Å². The van der Waals surface area contributed by atoms with Gasteiger partial charge in [-0.15, -0.1) is 6.42 Å². The molecule has 1 aliphatic rings. The van der Waals surface area contributed by atoms with E-state index in [0.717, 1.165) is 20.7 Å². The number of rotatable bonds is 3. The Kier molecular flexibility index (Phi) is 4.41. The van der Waals surface area contributed by atoms with Gasteiger partial charge in [-0.1, -0.05) is 35.5 Å². The number of nitrogens with zero attached hydrogens (tertiary/aromatic N) is 3. The first kappa shape index (κ1) is 17.9. The number of fused-ring (bicyclic) bond motifs is 2. The van der Waals surface area contributed by atoms with Crippen LogP contribution in [0.4, 0.5) is 0 Å². The summed E-state index contributed by atoms with van der Waals surface area (Å²) in [5, 5.41) is 0. The average Bonchev–Trinajstić information content (AvgIpc) is 3.12. The number of carbonyl (C=O) groups is 3. The van der Waals surface area contributed by atoms with Gasteiger partial charge in [0, 0.05) is 0 Å². The van der Waals surface area contributed by atoms with Crippen molar-refractivity contribution >= 4 is 39.3 Å². The van der Waals surface area contributed by atoms with E-state index in [1.54, 1.807) is 28.8 Å². The van der Waals surface area contributed by atoms with Crippen molar-refractivity contribution in [3.63, 3.8) is 0 Å². The minimum absolute atomic E-state index is 0.266. The molecule has 0 aliphatic carbocycles. The number of carbonyl (C=O) groups excluding carboxylic acids is 3. The highest BCUT2D eigenvalue weighted by molar-refractivity contribution is 7.16. The number of amides is 3. The Morgan fingerprint density at radius 3 is 2.46 bits per heavy atom. The fraction of sp³-hybridized carbons (Fsp3) is 0.143. The van der Waals surface area contributed by atoms with Crippen LogP contribution in [-0.2, 0) is 11.3 Å². The Bertz CT molecular complexity index is 1220. The predicted octanol–water partition coefficient (Wildman–Crippen LogP) is 2.37. The largest absolute Gasteiger partial charge is 0.305 e. The maximum atomic E-state index is 12.5. The molecule has 0 bridgehead atoms. The van der Waals surface area contributed by atoms with Gasteiger partial charge in [0.2, 0.25) is 0 Å². The molecule has 0 spiro atoms. The molecule has 0 fully saturated rings. The van der Waals surface area contributed by atoms with Gasteiger partial charge < -0.3 is 4.57 Å². The number of hydrogen-bond donors (Lipinski definition) is 0. The minimum atomic E-state index is -0.580. The van der Waals surface area contributed by atoms with E-state index in [9.17, 15) is 14.4 Å². The second-order valence-corrected chi connectivity index (χ2v) is 7.40. The summed E-state index contributed by atoms with van der Waals surface area (Å²) in [6.07, 6.45) is 5.47. The lowest BCUT2D eigenvalue weighted by atomic mass is 10.1. The molecule has 0 unspecified atom stereocenters. The number of benzene rings is 2. The van der Waals surface area contributed by atoms with Gasteiger partial charge in [-0.05, 0) is 36.8 Å². The van der Waals surface area contributed by atoms with Crippen LogP contribution < -0.4 is 4.80 Å². The Hall–Kier alpha value is -3.50. The molecule has 3 amide bonds. The first-order chi connectivity index (χ1) is 13.5. The molecule has 28 heavy (non-hydrogen) atoms. The summed E-state index contributed by atoms with van der Waals surface area (Å²) in [6.45, 7) is 1.84. The summed E-state index contributed by atoms with van der Waals surface area (Å²) in [5.41, 5.74) is 2.59. The number of aryl methyl sites for hydroxylation is 1. The SMILES string of the molecule is C#CCn1c(=NC(=O)CN2C(=O)c3ccccc3C2=O)sc2cc(C)ccc21. The van der Waals surface area contributed by atoms with Gasteiger partial charge >= 0.3 is 0 Å². The number of aromatic nitrogens is 1. The van der Waals surface area contributed by atoms with E-state index < -0.39 is 24.3 Å². The van der Waals surface area contributed by atoms with E-state index in [1.807, 2.05) is 25.1 Å². The Morgan fingerprint density at radius 2 is 1.82 bits per heavy atom. The highest BCUT2D eigenvalue weighted by atomic mass is 32.1. The van der Waals surface area contributed by atoms with E-state index >= 15 is 0 Å². The Morgan fingerprint density at radius 1 is 1.14 bits per heavy atom. The molecule has 0 atom stereocenters. The van der Waals surface area contributed by atoms with Crippen molar-refractivity contribution in [3.8, 4) is 12.3 Å². The molecule has 0 saturated heterocycles. The smallest absolute Gasteiger partial charge is 0.268 e. The van der Waals surface area contributed by atoms with Crippen LogP contribution in [0.1, 0.15) is 26.3 Å². The van der Waals surface area contributed by atoms with E-state index in [0.29, 0.717) is 15.9 Å². The summed E-state index contributed by atoms with van der Waals surface area (Å²) in [7, 11) is 0. The predicted molar refractivity (Wildman–Crippen MR) is 106 cm³/mol. The third-order valence-electron chi connectivity index (χ3n) is 4.48. The van der Waals surface area contributed by atoms with Gasteiger partial charge in [0.25, 0.3) is 17.7 Å². The summed E-state index contributed by atoms with van der Waals surface area (Å²) in [4.78, 5) is 42.9. The van der Waals surface area contributed by atoms with Crippen LogP contribution in [0.5, 0.6) is 0 Å². The van der Waals surface area contributed by atoms with Crippen molar-refractivity contribution in [2.24, 2.45) is 4.99 Å². The number of thiazole rings is 1. The number of hydrogen-bond acceptors (Lipinski definition) is 4. The molecule has 1 aromatic heterocycles. The van der Waals surface area contributed by atoms with Crippen LogP contribution in [0.15, 0.2) is 47.5 Å². The van der Waals surface area contributed by atoms with Gasteiger partial charge in [-0.25, -0.2) is 0 Å². The van der Waals surface area contributed by atoms with E-state index in [1.165, 1.54) is 11.3 Å². The van der Waals surface area contributed by atoms with Crippen molar-refractivity contribution in [3.05, 3.63) is 64.0 Å². The van der Waals surface area contributed by atoms with Gasteiger partial charge in [0.05, 0.1) is 27.9 Å². The van der Waals surface area contributed by atoms with E-state index in [-0.39, 0.29) is 6.54 Å². The molecule has 1 aliphatic heterocycles. The first-order valence-corrected chi connectivity index (χ1v) is 9.37. The zero-order chi connectivity index (χ0) is 19.8. The number of imide groups is 1. The third-order valence-corrected chi connectivity index (χ3v) is 5.52. The second-order valence-electron chi connectivity index (χ2n) is 6.39. The van der Waals surface area contributed by atoms with Crippen molar-refractivity contribution in [2.75, 3.05) is 6.54 Å². The molecular formula is C21H15N3O3S. The van der Waals surface area contributed by atoms with Crippen molar-refractivity contribution < 1.29 is 14.4 Å². The summed E-state index contributed by atoms with van der Waals surface area (Å²) in [6, 6.07) is 12.4. The third kappa shape index (κ3) is 2.94. The summed E-state index contributed by atoms with van der Waals surface area (Å²) in [5.74, 6) is 1.03. The molecule has 3 aromatic rings. The average molecular weight is 389 g/mol. The van der Waals surface area contributed by atoms with Crippen molar-refractivity contribution in [2.45, 2.75) is 13.5 Å². The topological polar surface area (TPSA) is 71.7 Å². The van der Waals surface area contributed by atoms with Gasteiger partial charge in [0.15, 0.2) is 4.80 Å². The molecule has 0 N–H and O–H groups in total. The van der Waals surface area contributed by atoms with Crippen LogP contribution in [0, 0.1) is 19.3 Å². The molecule has 6 nitrogen and oxygen atoms in total. The molecule has 0 radical (unpaired) electrons. The maximum absolute atomic E-state index is 12.5. The quantitative estimate of drug-likeness (QED) is 0.510. The first-order valence-electron chi connectivity index (χ1n) is 8.56.